The van der Waals surface area contributed by atoms with E-state index in [-0.39, 0.29) is 30.4 Å². The van der Waals surface area contributed by atoms with Crippen LogP contribution in [0.15, 0.2) is 35.4 Å². The molecule has 10 heteroatoms. The molecule has 0 amide bonds. The average molecular weight is 454 g/mol. The molecular weight excluding hydrogens is 424 g/mol. The van der Waals surface area contributed by atoms with E-state index in [1.807, 2.05) is 6.92 Å². The van der Waals surface area contributed by atoms with E-state index in [1.165, 1.54) is 24.3 Å². The number of ether oxygens (including phenoxy) is 3. The van der Waals surface area contributed by atoms with Crippen LogP contribution in [0.2, 0.25) is 0 Å². The molecule has 1 saturated heterocycles. The molecule has 6 N–H and O–H groups in total. The number of phenols is 1. The highest BCUT2D eigenvalue weighted by molar-refractivity contribution is 5.89. The van der Waals surface area contributed by atoms with Crippen LogP contribution in [0.3, 0.4) is 0 Å². The molecule has 0 radical (unpaired) electrons. The smallest absolute Gasteiger partial charge is 0.338 e. The lowest BCUT2D eigenvalue weighted by molar-refractivity contribution is -0.313. The lowest BCUT2D eigenvalue weighted by Crippen LogP contribution is -2.59. The van der Waals surface area contributed by atoms with Gasteiger partial charge in [-0.2, -0.15) is 0 Å². The van der Waals surface area contributed by atoms with Crippen molar-refractivity contribution < 1.29 is 49.6 Å². The highest BCUT2D eigenvalue weighted by Crippen LogP contribution is 2.38. The molecule has 7 unspecified atom stereocenters. The van der Waals surface area contributed by atoms with Crippen LogP contribution in [0, 0.1) is 5.92 Å². The summed E-state index contributed by atoms with van der Waals surface area (Å²) < 4.78 is 16.7. The highest BCUT2D eigenvalue weighted by Gasteiger charge is 2.46. The molecule has 1 aliphatic heterocycles. The second-order valence-corrected chi connectivity index (χ2v) is 8.12. The van der Waals surface area contributed by atoms with Crippen LogP contribution in [0.5, 0.6) is 5.75 Å². The van der Waals surface area contributed by atoms with Crippen LogP contribution in [0.1, 0.15) is 30.1 Å². The molecule has 2 aliphatic rings. The van der Waals surface area contributed by atoms with Gasteiger partial charge in [0.1, 0.15) is 30.2 Å². The normalized spacial score (nSPS) is 32.9. The molecule has 1 aromatic rings. The van der Waals surface area contributed by atoms with Crippen LogP contribution in [-0.4, -0.2) is 93.2 Å². The summed E-state index contributed by atoms with van der Waals surface area (Å²) in [7, 11) is 0. The van der Waals surface area contributed by atoms with Crippen LogP contribution in [-0.2, 0) is 14.2 Å². The molecule has 178 valence electrons. The fourth-order valence-electron chi connectivity index (χ4n) is 4.18. The van der Waals surface area contributed by atoms with Crippen molar-refractivity contribution in [1.29, 1.82) is 0 Å². The fourth-order valence-corrected chi connectivity index (χ4v) is 4.18. The van der Waals surface area contributed by atoms with E-state index < -0.39 is 49.4 Å². The Morgan fingerprint density at radius 2 is 1.78 bits per heavy atom. The van der Waals surface area contributed by atoms with Crippen LogP contribution in [0.4, 0.5) is 0 Å². The van der Waals surface area contributed by atoms with Crippen molar-refractivity contribution in [3.63, 3.8) is 0 Å². The Labute approximate surface area is 185 Å². The van der Waals surface area contributed by atoms with Gasteiger partial charge >= 0.3 is 5.97 Å². The molecule has 1 fully saturated rings. The van der Waals surface area contributed by atoms with Gasteiger partial charge in [-0.1, -0.05) is 5.57 Å². The summed E-state index contributed by atoms with van der Waals surface area (Å²) in [5, 5.41) is 58.7. The molecular formula is C22H30O10. The number of phenolic OH excluding ortho intramolecular Hbond substituents is 1. The average Bonchev–Trinajstić information content (AvgIpc) is 3.08. The molecule has 3 rings (SSSR count). The first kappa shape index (κ1) is 24.6. The van der Waals surface area contributed by atoms with E-state index in [2.05, 4.69) is 0 Å². The van der Waals surface area contributed by atoms with Crippen molar-refractivity contribution in [3.8, 4) is 5.75 Å². The maximum Gasteiger partial charge on any atom is 0.338 e. The van der Waals surface area contributed by atoms with Gasteiger partial charge in [0, 0.05) is 5.92 Å². The Morgan fingerprint density at radius 1 is 1.09 bits per heavy atom. The minimum Gasteiger partial charge on any atom is -0.508 e. The van der Waals surface area contributed by atoms with Gasteiger partial charge in [-0.05, 0) is 49.6 Å². The topological polar surface area (TPSA) is 166 Å². The maximum atomic E-state index is 12.2. The zero-order chi connectivity index (χ0) is 23.4. The number of aromatic hydroxyl groups is 1. The van der Waals surface area contributed by atoms with Gasteiger partial charge in [0.15, 0.2) is 6.29 Å². The second kappa shape index (κ2) is 10.7. The van der Waals surface area contributed by atoms with Crippen molar-refractivity contribution in [2.45, 2.75) is 56.6 Å². The zero-order valence-electron chi connectivity index (χ0n) is 17.7. The third-order valence-corrected chi connectivity index (χ3v) is 6.04. The number of hydrogen-bond acceptors (Lipinski definition) is 10. The van der Waals surface area contributed by atoms with Crippen LogP contribution >= 0.6 is 0 Å². The predicted molar refractivity (Wildman–Crippen MR) is 110 cm³/mol. The molecule has 1 heterocycles. The summed E-state index contributed by atoms with van der Waals surface area (Å²) in [6, 6.07) is 5.66. The lowest BCUT2D eigenvalue weighted by atomic mass is 9.95. The van der Waals surface area contributed by atoms with E-state index >= 15 is 0 Å². The number of benzene rings is 1. The Bertz CT molecular complexity index is 805. The summed E-state index contributed by atoms with van der Waals surface area (Å²) in [6.07, 6.45) is -6.71. The first-order valence-electron chi connectivity index (χ1n) is 10.5. The van der Waals surface area contributed by atoms with E-state index in [9.17, 15) is 35.4 Å². The number of hydrogen-bond donors (Lipinski definition) is 6. The number of carbonyl (C=O) groups excluding carboxylic acids is 1. The summed E-state index contributed by atoms with van der Waals surface area (Å²) in [5.74, 6) is -0.852. The highest BCUT2D eigenvalue weighted by atomic mass is 16.7. The van der Waals surface area contributed by atoms with Gasteiger partial charge < -0.3 is 44.8 Å². The third kappa shape index (κ3) is 5.29. The fraction of sp³-hybridized carbons (Fsp3) is 0.591. The SMILES string of the molecule is CC1=C(CO)C(CCOC(=O)c2ccc(O)cc2)C(OC2OC(CO)C(O)C(O)C2O)C1. The number of rotatable bonds is 8. The Hall–Kier alpha value is -2.05. The zero-order valence-corrected chi connectivity index (χ0v) is 17.7. The van der Waals surface area contributed by atoms with Gasteiger partial charge in [0.25, 0.3) is 0 Å². The minimum atomic E-state index is -1.55. The monoisotopic (exact) mass is 454 g/mol. The Kier molecular flexibility index (Phi) is 8.23. The van der Waals surface area contributed by atoms with Crippen LogP contribution < -0.4 is 0 Å². The molecule has 0 saturated carbocycles. The van der Waals surface area contributed by atoms with E-state index in [4.69, 9.17) is 14.2 Å². The van der Waals surface area contributed by atoms with Crippen molar-refractivity contribution in [2.24, 2.45) is 5.92 Å². The second-order valence-electron chi connectivity index (χ2n) is 8.12. The predicted octanol–water partition coefficient (Wildman–Crippen LogP) is -0.547. The minimum absolute atomic E-state index is 0.0360. The Balaban J connectivity index is 1.63. The number of carbonyl (C=O) groups is 1. The molecule has 0 spiro atoms. The number of aliphatic hydroxyl groups excluding tert-OH is 5. The largest absolute Gasteiger partial charge is 0.508 e. The van der Waals surface area contributed by atoms with E-state index in [0.29, 0.717) is 12.8 Å². The third-order valence-electron chi connectivity index (χ3n) is 6.04. The maximum absolute atomic E-state index is 12.2. The molecule has 1 aromatic carbocycles. The van der Waals surface area contributed by atoms with Gasteiger partial charge in [-0.3, -0.25) is 0 Å². The number of aliphatic hydroxyl groups is 5. The molecule has 32 heavy (non-hydrogen) atoms. The first-order chi connectivity index (χ1) is 15.3. The van der Waals surface area contributed by atoms with Gasteiger partial charge in [-0.15, -0.1) is 0 Å². The first-order valence-corrected chi connectivity index (χ1v) is 10.5. The van der Waals surface area contributed by atoms with Crippen molar-refractivity contribution in [1.82, 2.24) is 0 Å². The summed E-state index contributed by atoms with van der Waals surface area (Å²) in [4.78, 5) is 12.2. The van der Waals surface area contributed by atoms with Gasteiger partial charge in [0.05, 0.1) is 31.5 Å². The molecule has 0 bridgehead atoms. The summed E-state index contributed by atoms with van der Waals surface area (Å²) >= 11 is 0. The standard InChI is InChI=1S/C22H30O10/c1-11-8-16(31-22-20(28)19(27)18(26)17(10-24)32-22)14(15(11)9-23)6-7-30-21(29)12-2-4-13(25)5-3-12/h2-5,14,16-20,22-28H,6-10H2,1H3. The van der Waals surface area contributed by atoms with Crippen molar-refractivity contribution >= 4 is 5.97 Å². The Morgan fingerprint density at radius 3 is 2.41 bits per heavy atom. The number of esters is 1. The molecule has 0 aromatic heterocycles. The molecule has 7 atom stereocenters. The van der Waals surface area contributed by atoms with E-state index in [1.54, 1.807) is 0 Å². The van der Waals surface area contributed by atoms with Crippen molar-refractivity contribution in [3.05, 3.63) is 41.0 Å². The van der Waals surface area contributed by atoms with Crippen molar-refractivity contribution in [2.75, 3.05) is 19.8 Å². The quantitative estimate of drug-likeness (QED) is 0.222. The summed E-state index contributed by atoms with van der Waals surface area (Å²) in [5.41, 5.74) is 1.93. The summed E-state index contributed by atoms with van der Waals surface area (Å²) in [6.45, 7) is 1.11. The molecule has 1 aliphatic carbocycles. The molecule has 10 nitrogen and oxygen atoms in total. The van der Waals surface area contributed by atoms with Crippen LogP contribution in [0.25, 0.3) is 0 Å². The lowest BCUT2D eigenvalue weighted by Gasteiger charge is -2.41. The van der Waals surface area contributed by atoms with Gasteiger partial charge in [-0.25, -0.2) is 4.79 Å². The van der Waals surface area contributed by atoms with Gasteiger partial charge in [0.2, 0.25) is 0 Å². The van der Waals surface area contributed by atoms with E-state index in [0.717, 1.165) is 11.1 Å².